The predicted octanol–water partition coefficient (Wildman–Crippen LogP) is 3.39. The lowest BCUT2D eigenvalue weighted by Gasteiger charge is -2.24. The summed E-state index contributed by atoms with van der Waals surface area (Å²) in [6, 6.07) is 5.89. The summed E-state index contributed by atoms with van der Waals surface area (Å²) in [5.41, 5.74) is 1.57. The van der Waals surface area contributed by atoms with E-state index in [4.69, 9.17) is 5.11 Å². The summed E-state index contributed by atoms with van der Waals surface area (Å²) in [5, 5.41) is 8.96. The number of aromatic nitrogens is 2. The molecular weight excluding hydrogens is 308 g/mol. The van der Waals surface area contributed by atoms with Crippen LogP contribution < -0.4 is 0 Å². The molecule has 0 spiro atoms. The molecule has 0 fully saturated rings. The lowest BCUT2D eigenvalue weighted by molar-refractivity contribution is -0.138. The van der Waals surface area contributed by atoms with Gasteiger partial charge in [-0.25, -0.2) is 4.98 Å². The molecule has 0 unspecified atom stereocenters. The summed E-state index contributed by atoms with van der Waals surface area (Å²) < 4.78 is 2.82. The Kier molecular flexibility index (Phi) is 3.75. The lowest BCUT2D eigenvalue weighted by Crippen LogP contribution is -2.21. The fourth-order valence-electron chi connectivity index (χ4n) is 2.02. The molecular formula is C14H15BrN2O2. The van der Waals surface area contributed by atoms with E-state index >= 15 is 0 Å². The summed E-state index contributed by atoms with van der Waals surface area (Å²) in [5.74, 6) is -0.792. The number of benzene rings is 1. The van der Waals surface area contributed by atoms with Crippen LogP contribution in [0.4, 0.5) is 0 Å². The third-order valence-electron chi connectivity index (χ3n) is 3.10. The summed E-state index contributed by atoms with van der Waals surface area (Å²) in [4.78, 5) is 14.9. The van der Waals surface area contributed by atoms with Crippen LogP contribution in [0.1, 0.15) is 25.8 Å². The lowest BCUT2D eigenvalue weighted by atomic mass is 9.81. The Balaban J connectivity index is 2.36. The van der Waals surface area contributed by atoms with E-state index in [9.17, 15) is 4.79 Å². The number of nitrogens with zero attached hydrogens (tertiary/aromatic N) is 2. The second-order valence-electron chi connectivity index (χ2n) is 5.09. The minimum Gasteiger partial charge on any atom is -0.481 e. The molecule has 19 heavy (non-hydrogen) atoms. The fourth-order valence-corrected chi connectivity index (χ4v) is 2.60. The molecule has 0 atom stereocenters. The van der Waals surface area contributed by atoms with Gasteiger partial charge in [0, 0.05) is 22.3 Å². The van der Waals surface area contributed by atoms with E-state index in [2.05, 4.69) is 20.9 Å². The highest BCUT2D eigenvalue weighted by atomic mass is 79.9. The first-order chi connectivity index (χ1) is 8.90. The van der Waals surface area contributed by atoms with Gasteiger partial charge in [-0.2, -0.15) is 0 Å². The van der Waals surface area contributed by atoms with E-state index in [1.54, 1.807) is 12.5 Å². The predicted molar refractivity (Wildman–Crippen MR) is 76.5 cm³/mol. The van der Waals surface area contributed by atoms with Crippen LogP contribution in [0.5, 0.6) is 0 Å². The van der Waals surface area contributed by atoms with E-state index in [0.717, 1.165) is 15.7 Å². The number of hydrogen-bond donors (Lipinski definition) is 1. The number of carboxylic acids is 1. The summed E-state index contributed by atoms with van der Waals surface area (Å²) >= 11 is 3.53. The van der Waals surface area contributed by atoms with Crippen molar-refractivity contribution in [3.63, 3.8) is 0 Å². The SMILES string of the molecule is CC(C)(CC(=O)O)c1ccc(-n2ccnc2)c(Br)c1. The highest BCUT2D eigenvalue weighted by Gasteiger charge is 2.24. The Morgan fingerprint density at radius 2 is 2.21 bits per heavy atom. The average Bonchev–Trinajstić information content (AvgIpc) is 2.80. The van der Waals surface area contributed by atoms with E-state index in [1.165, 1.54) is 0 Å². The van der Waals surface area contributed by atoms with Crippen molar-refractivity contribution >= 4 is 21.9 Å². The van der Waals surface area contributed by atoms with Crippen LogP contribution in [-0.2, 0) is 10.2 Å². The van der Waals surface area contributed by atoms with Gasteiger partial charge in [-0.05, 0) is 33.6 Å². The molecule has 1 heterocycles. The van der Waals surface area contributed by atoms with Crippen LogP contribution in [0.15, 0.2) is 41.4 Å². The van der Waals surface area contributed by atoms with Gasteiger partial charge in [-0.15, -0.1) is 0 Å². The number of aliphatic carboxylic acids is 1. The van der Waals surface area contributed by atoms with Gasteiger partial charge in [0.05, 0.1) is 18.4 Å². The minimum atomic E-state index is -0.792. The Labute approximate surface area is 120 Å². The fraction of sp³-hybridized carbons (Fsp3) is 0.286. The molecule has 0 aliphatic heterocycles. The molecule has 0 saturated heterocycles. The second kappa shape index (κ2) is 5.17. The van der Waals surface area contributed by atoms with Gasteiger partial charge in [0.2, 0.25) is 0 Å². The largest absolute Gasteiger partial charge is 0.481 e. The Morgan fingerprint density at radius 3 is 2.74 bits per heavy atom. The third kappa shape index (κ3) is 3.04. The zero-order chi connectivity index (χ0) is 14.0. The van der Waals surface area contributed by atoms with Crippen molar-refractivity contribution in [1.82, 2.24) is 9.55 Å². The van der Waals surface area contributed by atoms with Crippen molar-refractivity contribution in [2.75, 3.05) is 0 Å². The van der Waals surface area contributed by atoms with Crippen LogP contribution in [0, 0.1) is 0 Å². The van der Waals surface area contributed by atoms with E-state index in [1.807, 2.05) is 42.8 Å². The standard InChI is InChI=1S/C14H15BrN2O2/c1-14(2,8-13(18)19)10-3-4-12(11(15)7-10)17-6-5-16-9-17/h3-7,9H,8H2,1-2H3,(H,18,19). The maximum atomic E-state index is 10.9. The molecule has 100 valence electrons. The molecule has 2 aromatic rings. The molecule has 0 amide bonds. The highest BCUT2D eigenvalue weighted by Crippen LogP contribution is 2.31. The van der Waals surface area contributed by atoms with Crippen molar-refractivity contribution in [3.05, 3.63) is 47.0 Å². The molecule has 4 nitrogen and oxygen atoms in total. The Bertz CT molecular complexity index is 591. The molecule has 0 aliphatic carbocycles. The third-order valence-corrected chi connectivity index (χ3v) is 3.74. The topological polar surface area (TPSA) is 55.1 Å². The van der Waals surface area contributed by atoms with Gasteiger partial charge in [-0.3, -0.25) is 4.79 Å². The summed E-state index contributed by atoms with van der Waals surface area (Å²) in [6.45, 7) is 3.86. The molecule has 0 saturated carbocycles. The van der Waals surface area contributed by atoms with Crippen molar-refractivity contribution in [1.29, 1.82) is 0 Å². The van der Waals surface area contributed by atoms with Crippen LogP contribution in [0.2, 0.25) is 0 Å². The van der Waals surface area contributed by atoms with Crippen molar-refractivity contribution in [2.45, 2.75) is 25.7 Å². The first-order valence-electron chi connectivity index (χ1n) is 5.90. The number of carbonyl (C=O) groups is 1. The van der Waals surface area contributed by atoms with E-state index < -0.39 is 11.4 Å². The molecule has 0 bridgehead atoms. The first kappa shape index (κ1) is 13.8. The van der Waals surface area contributed by atoms with Gasteiger partial charge >= 0.3 is 5.97 Å². The quantitative estimate of drug-likeness (QED) is 0.938. The van der Waals surface area contributed by atoms with Gasteiger partial charge < -0.3 is 9.67 Å². The maximum absolute atomic E-state index is 10.9. The molecule has 5 heteroatoms. The van der Waals surface area contributed by atoms with Crippen LogP contribution in [0.25, 0.3) is 5.69 Å². The molecule has 2 rings (SSSR count). The summed E-state index contributed by atoms with van der Waals surface area (Å²) in [7, 11) is 0. The molecule has 1 N–H and O–H groups in total. The molecule has 0 aliphatic rings. The minimum absolute atomic E-state index is 0.101. The van der Waals surface area contributed by atoms with Crippen molar-refractivity contribution < 1.29 is 9.90 Å². The smallest absolute Gasteiger partial charge is 0.304 e. The summed E-state index contributed by atoms with van der Waals surface area (Å²) in [6.07, 6.45) is 5.41. The molecule has 1 aromatic heterocycles. The average molecular weight is 323 g/mol. The highest BCUT2D eigenvalue weighted by molar-refractivity contribution is 9.10. The Hall–Kier alpha value is -1.62. The van der Waals surface area contributed by atoms with Crippen LogP contribution >= 0.6 is 15.9 Å². The van der Waals surface area contributed by atoms with Gasteiger partial charge in [-0.1, -0.05) is 19.9 Å². The number of imidazole rings is 1. The second-order valence-corrected chi connectivity index (χ2v) is 5.94. The maximum Gasteiger partial charge on any atom is 0.304 e. The zero-order valence-corrected chi connectivity index (χ0v) is 12.4. The normalized spacial score (nSPS) is 11.5. The number of hydrogen-bond acceptors (Lipinski definition) is 2. The van der Waals surface area contributed by atoms with E-state index in [0.29, 0.717) is 0 Å². The van der Waals surface area contributed by atoms with Gasteiger partial charge in [0.25, 0.3) is 0 Å². The number of rotatable bonds is 4. The monoisotopic (exact) mass is 322 g/mol. The molecule has 1 aromatic carbocycles. The number of carboxylic acid groups (broad SMARTS) is 1. The molecule has 0 radical (unpaired) electrons. The van der Waals surface area contributed by atoms with Crippen molar-refractivity contribution in [3.8, 4) is 5.69 Å². The Morgan fingerprint density at radius 1 is 1.47 bits per heavy atom. The van der Waals surface area contributed by atoms with Crippen LogP contribution in [-0.4, -0.2) is 20.6 Å². The zero-order valence-electron chi connectivity index (χ0n) is 10.8. The van der Waals surface area contributed by atoms with Crippen molar-refractivity contribution in [2.24, 2.45) is 0 Å². The first-order valence-corrected chi connectivity index (χ1v) is 6.69. The van der Waals surface area contributed by atoms with Gasteiger partial charge in [0.1, 0.15) is 0 Å². The number of halogens is 1. The van der Waals surface area contributed by atoms with Crippen LogP contribution in [0.3, 0.4) is 0 Å². The van der Waals surface area contributed by atoms with E-state index in [-0.39, 0.29) is 6.42 Å². The van der Waals surface area contributed by atoms with Gasteiger partial charge in [0.15, 0.2) is 0 Å².